The van der Waals surface area contributed by atoms with E-state index in [1.165, 1.54) is 0 Å². The Kier molecular flexibility index (Phi) is 4.61. The zero-order chi connectivity index (χ0) is 16.9. The molecule has 0 spiro atoms. The number of aryl methyl sites for hydroxylation is 2. The third-order valence-corrected chi connectivity index (χ3v) is 3.78. The van der Waals surface area contributed by atoms with Gasteiger partial charge in [-0.15, -0.1) is 0 Å². The molecule has 0 unspecified atom stereocenters. The number of nitrogens with zero attached hydrogens (tertiary/aromatic N) is 1. The van der Waals surface area contributed by atoms with Gasteiger partial charge in [0.2, 0.25) is 0 Å². The van der Waals surface area contributed by atoms with Crippen LogP contribution in [0.25, 0.3) is 0 Å². The molecule has 0 aliphatic rings. The Morgan fingerprint density at radius 2 is 1.83 bits per heavy atom. The lowest BCUT2D eigenvalue weighted by molar-refractivity contribution is 0.0950. The van der Waals surface area contributed by atoms with Gasteiger partial charge in [0.25, 0.3) is 5.91 Å². The Bertz CT molecular complexity index is 821. The highest BCUT2D eigenvalue weighted by molar-refractivity contribution is 5.94. The number of carbonyl (C=O) groups excluding carboxylic acids is 1. The lowest BCUT2D eigenvalue weighted by atomic mass is 10.1. The largest absolute Gasteiger partial charge is 0.457 e. The van der Waals surface area contributed by atoms with E-state index in [0.29, 0.717) is 17.9 Å². The second kappa shape index (κ2) is 7.00. The van der Waals surface area contributed by atoms with Crippen molar-refractivity contribution in [2.45, 2.75) is 20.4 Å². The van der Waals surface area contributed by atoms with Crippen molar-refractivity contribution in [2.24, 2.45) is 0 Å². The van der Waals surface area contributed by atoms with Gasteiger partial charge in [-0.1, -0.05) is 24.3 Å². The van der Waals surface area contributed by atoms with E-state index < -0.39 is 0 Å². The fourth-order valence-electron chi connectivity index (χ4n) is 2.43. The minimum Gasteiger partial charge on any atom is -0.457 e. The Morgan fingerprint density at radius 3 is 2.54 bits per heavy atom. The number of benzene rings is 2. The number of carbonyl (C=O) groups is 1. The molecule has 0 bridgehead atoms. The topological polar surface area (TPSA) is 67.0 Å². The van der Waals surface area contributed by atoms with Crippen molar-refractivity contribution >= 4 is 5.91 Å². The molecule has 2 aromatic carbocycles. The molecule has 1 heterocycles. The molecule has 0 saturated carbocycles. The van der Waals surface area contributed by atoms with Crippen molar-refractivity contribution in [1.29, 1.82) is 0 Å². The number of H-pyrrole nitrogens is 1. The van der Waals surface area contributed by atoms with Gasteiger partial charge >= 0.3 is 0 Å². The van der Waals surface area contributed by atoms with E-state index in [0.717, 1.165) is 22.7 Å². The van der Waals surface area contributed by atoms with Crippen LogP contribution in [0.1, 0.15) is 27.3 Å². The lowest BCUT2D eigenvalue weighted by Gasteiger charge is -2.09. The van der Waals surface area contributed by atoms with Crippen LogP contribution in [-0.4, -0.2) is 16.1 Å². The summed E-state index contributed by atoms with van der Waals surface area (Å²) in [6.07, 6.45) is 0. The molecular weight excluding hydrogens is 302 g/mol. The molecule has 0 atom stereocenters. The first-order chi connectivity index (χ1) is 11.6. The molecule has 24 heavy (non-hydrogen) atoms. The van der Waals surface area contributed by atoms with E-state index in [1.807, 2.05) is 56.3 Å². The van der Waals surface area contributed by atoms with E-state index in [-0.39, 0.29) is 5.91 Å². The average Bonchev–Trinajstić information content (AvgIpc) is 2.92. The first-order valence-electron chi connectivity index (χ1n) is 7.75. The fraction of sp³-hybridized carbons (Fsp3) is 0.158. The first kappa shape index (κ1) is 15.8. The van der Waals surface area contributed by atoms with Gasteiger partial charge in [0.1, 0.15) is 11.5 Å². The van der Waals surface area contributed by atoms with Gasteiger partial charge in [0.15, 0.2) is 0 Å². The lowest BCUT2D eigenvalue weighted by Crippen LogP contribution is -2.23. The molecule has 0 aliphatic carbocycles. The first-order valence-corrected chi connectivity index (χ1v) is 7.75. The number of hydrogen-bond donors (Lipinski definition) is 2. The summed E-state index contributed by atoms with van der Waals surface area (Å²) >= 11 is 0. The maximum Gasteiger partial charge on any atom is 0.251 e. The van der Waals surface area contributed by atoms with Crippen LogP contribution >= 0.6 is 0 Å². The predicted octanol–water partition coefficient (Wildman–Crippen LogP) is 3.75. The molecule has 1 aromatic heterocycles. The summed E-state index contributed by atoms with van der Waals surface area (Å²) in [6.45, 7) is 4.30. The highest BCUT2D eigenvalue weighted by atomic mass is 16.5. The van der Waals surface area contributed by atoms with Gasteiger partial charge in [-0.25, -0.2) is 0 Å². The highest BCUT2D eigenvalue weighted by Crippen LogP contribution is 2.21. The molecular formula is C19H19N3O2. The quantitative estimate of drug-likeness (QED) is 0.752. The summed E-state index contributed by atoms with van der Waals surface area (Å²) in [5, 5.41) is 9.97. The molecule has 5 heteroatoms. The van der Waals surface area contributed by atoms with Crippen molar-refractivity contribution in [3.05, 3.63) is 77.1 Å². The van der Waals surface area contributed by atoms with E-state index >= 15 is 0 Å². The molecule has 0 radical (unpaired) electrons. The molecule has 5 nitrogen and oxygen atoms in total. The Labute approximate surface area is 140 Å². The number of aromatic nitrogens is 2. The van der Waals surface area contributed by atoms with Gasteiger partial charge in [-0.05, 0) is 44.2 Å². The number of amides is 1. The van der Waals surface area contributed by atoms with E-state index in [4.69, 9.17) is 4.74 Å². The summed E-state index contributed by atoms with van der Waals surface area (Å²) in [5.74, 6) is 1.22. The summed E-state index contributed by atoms with van der Waals surface area (Å²) in [5.41, 5.74) is 3.44. The molecule has 0 aliphatic heterocycles. The predicted molar refractivity (Wildman–Crippen MR) is 92.2 cm³/mol. The molecule has 0 fully saturated rings. The monoisotopic (exact) mass is 321 g/mol. The van der Waals surface area contributed by atoms with Crippen molar-refractivity contribution in [2.75, 3.05) is 0 Å². The zero-order valence-corrected chi connectivity index (χ0v) is 13.7. The molecule has 0 saturated heterocycles. The summed E-state index contributed by atoms with van der Waals surface area (Å²) in [4.78, 5) is 12.4. The smallest absolute Gasteiger partial charge is 0.251 e. The number of para-hydroxylation sites is 1. The molecule has 1 amide bonds. The maximum absolute atomic E-state index is 12.4. The normalized spacial score (nSPS) is 10.4. The van der Waals surface area contributed by atoms with Gasteiger partial charge in [-0.3, -0.25) is 9.89 Å². The third kappa shape index (κ3) is 3.63. The van der Waals surface area contributed by atoms with Crippen molar-refractivity contribution < 1.29 is 9.53 Å². The van der Waals surface area contributed by atoms with Crippen molar-refractivity contribution in [1.82, 2.24) is 15.5 Å². The Morgan fingerprint density at radius 1 is 1.08 bits per heavy atom. The molecule has 122 valence electrons. The van der Waals surface area contributed by atoms with Crippen molar-refractivity contribution in [3.63, 3.8) is 0 Å². The Hall–Kier alpha value is -3.08. The number of ether oxygens (including phenoxy) is 1. The maximum atomic E-state index is 12.4. The summed E-state index contributed by atoms with van der Waals surface area (Å²) in [6, 6.07) is 16.6. The van der Waals surface area contributed by atoms with Crippen LogP contribution < -0.4 is 10.1 Å². The van der Waals surface area contributed by atoms with Crippen LogP contribution in [0.2, 0.25) is 0 Å². The highest BCUT2D eigenvalue weighted by Gasteiger charge is 2.10. The van der Waals surface area contributed by atoms with Crippen LogP contribution in [0, 0.1) is 13.8 Å². The van der Waals surface area contributed by atoms with E-state index in [1.54, 1.807) is 12.1 Å². The second-order valence-electron chi connectivity index (χ2n) is 5.54. The molecule has 2 N–H and O–H groups in total. The van der Waals surface area contributed by atoms with Gasteiger partial charge in [0, 0.05) is 23.4 Å². The second-order valence-corrected chi connectivity index (χ2v) is 5.54. The van der Waals surface area contributed by atoms with Crippen LogP contribution in [-0.2, 0) is 6.54 Å². The number of nitrogens with one attached hydrogen (secondary N) is 2. The summed E-state index contributed by atoms with van der Waals surface area (Å²) < 4.78 is 5.76. The molecule has 3 rings (SSSR count). The Balaban J connectivity index is 1.68. The summed E-state index contributed by atoms with van der Waals surface area (Å²) in [7, 11) is 0. The van der Waals surface area contributed by atoms with Gasteiger partial charge < -0.3 is 10.1 Å². The number of rotatable bonds is 5. The zero-order valence-electron chi connectivity index (χ0n) is 13.7. The number of hydrogen-bond acceptors (Lipinski definition) is 3. The fourth-order valence-corrected chi connectivity index (χ4v) is 2.43. The molecule has 3 aromatic rings. The average molecular weight is 321 g/mol. The minimum atomic E-state index is -0.145. The minimum absolute atomic E-state index is 0.145. The van der Waals surface area contributed by atoms with Crippen molar-refractivity contribution in [3.8, 4) is 11.5 Å². The third-order valence-electron chi connectivity index (χ3n) is 3.78. The van der Waals surface area contributed by atoms with Crippen LogP contribution in [0.5, 0.6) is 11.5 Å². The van der Waals surface area contributed by atoms with Gasteiger partial charge in [0.05, 0.1) is 5.69 Å². The van der Waals surface area contributed by atoms with E-state index in [9.17, 15) is 4.79 Å². The van der Waals surface area contributed by atoms with Crippen LogP contribution in [0.4, 0.5) is 0 Å². The van der Waals surface area contributed by atoms with Crippen LogP contribution in [0.15, 0.2) is 54.6 Å². The standard InChI is InChI=1S/C19H19N3O2/c1-13-18(14(2)22-21-13)12-20-19(23)15-7-6-10-17(11-15)24-16-8-4-3-5-9-16/h3-11H,12H2,1-2H3,(H,20,23)(H,21,22). The van der Waals surface area contributed by atoms with E-state index in [2.05, 4.69) is 15.5 Å². The number of aromatic amines is 1. The SMILES string of the molecule is Cc1n[nH]c(C)c1CNC(=O)c1cccc(Oc2ccccc2)c1. The van der Waals surface area contributed by atoms with Crippen LogP contribution in [0.3, 0.4) is 0 Å². The van der Waals surface area contributed by atoms with Gasteiger partial charge in [-0.2, -0.15) is 5.10 Å².